The van der Waals surface area contributed by atoms with Gasteiger partial charge in [0.25, 0.3) is 0 Å². The molecule has 0 unspecified atom stereocenters. The molecule has 0 fully saturated rings. The van der Waals surface area contributed by atoms with Crippen molar-refractivity contribution in [2.45, 2.75) is 26.9 Å². The lowest BCUT2D eigenvalue weighted by Gasteiger charge is -2.20. The van der Waals surface area contributed by atoms with Gasteiger partial charge in [0.1, 0.15) is 5.82 Å². The first-order valence-electron chi connectivity index (χ1n) is 5.88. The molecule has 0 aliphatic heterocycles. The summed E-state index contributed by atoms with van der Waals surface area (Å²) in [6.45, 7) is 5.36. The summed E-state index contributed by atoms with van der Waals surface area (Å²) < 4.78 is 0. The van der Waals surface area contributed by atoms with Crippen LogP contribution in [-0.4, -0.2) is 17.0 Å². The molecule has 0 spiro atoms. The van der Waals surface area contributed by atoms with E-state index >= 15 is 0 Å². The van der Waals surface area contributed by atoms with Gasteiger partial charge in [-0.05, 0) is 19.9 Å². The molecule has 0 saturated carbocycles. The average molecular weight is 262 g/mol. The van der Waals surface area contributed by atoms with Crippen molar-refractivity contribution in [2.24, 2.45) is 5.73 Å². The molecule has 0 radical (unpaired) electrons. The SMILES string of the molecule is Cc1ccc(CN)c(N(C)Cc2scnc2C)n1. The normalized spacial score (nSPS) is 10.7. The quantitative estimate of drug-likeness (QED) is 0.918. The van der Waals surface area contributed by atoms with Gasteiger partial charge in [-0.2, -0.15) is 0 Å². The van der Waals surface area contributed by atoms with Gasteiger partial charge in [-0.15, -0.1) is 11.3 Å². The van der Waals surface area contributed by atoms with Crippen molar-refractivity contribution in [1.29, 1.82) is 0 Å². The number of pyridine rings is 1. The van der Waals surface area contributed by atoms with E-state index in [1.54, 1.807) is 11.3 Å². The van der Waals surface area contributed by atoms with Crippen LogP contribution < -0.4 is 10.6 Å². The summed E-state index contributed by atoms with van der Waals surface area (Å²) >= 11 is 1.68. The van der Waals surface area contributed by atoms with Crippen LogP contribution in [0.5, 0.6) is 0 Å². The highest BCUT2D eigenvalue weighted by Gasteiger charge is 2.11. The van der Waals surface area contributed by atoms with Crippen molar-refractivity contribution < 1.29 is 0 Å². The number of nitrogens with zero attached hydrogens (tertiary/aromatic N) is 3. The summed E-state index contributed by atoms with van der Waals surface area (Å²) in [4.78, 5) is 12.3. The average Bonchev–Trinajstić information content (AvgIpc) is 2.75. The monoisotopic (exact) mass is 262 g/mol. The minimum atomic E-state index is 0.509. The van der Waals surface area contributed by atoms with Crippen LogP contribution in [0, 0.1) is 13.8 Å². The smallest absolute Gasteiger partial charge is 0.133 e. The molecule has 2 rings (SSSR count). The number of rotatable bonds is 4. The van der Waals surface area contributed by atoms with Crippen LogP contribution in [0.3, 0.4) is 0 Å². The lowest BCUT2D eigenvalue weighted by molar-refractivity contribution is 0.873. The largest absolute Gasteiger partial charge is 0.354 e. The zero-order valence-corrected chi connectivity index (χ0v) is 11.8. The topological polar surface area (TPSA) is 55.0 Å². The Kier molecular flexibility index (Phi) is 3.93. The number of aromatic nitrogens is 2. The highest BCUT2D eigenvalue weighted by molar-refractivity contribution is 7.09. The van der Waals surface area contributed by atoms with Crippen LogP contribution in [-0.2, 0) is 13.1 Å². The molecule has 0 aromatic carbocycles. The standard InChI is InChI=1S/C13H18N4S/c1-9-4-5-11(6-14)13(16-9)17(3)7-12-10(2)15-8-18-12/h4-5,8H,6-7,14H2,1-3H3. The molecule has 0 saturated heterocycles. The summed E-state index contributed by atoms with van der Waals surface area (Å²) in [5.74, 6) is 0.963. The summed E-state index contributed by atoms with van der Waals surface area (Å²) in [6, 6.07) is 4.05. The van der Waals surface area contributed by atoms with Gasteiger partial charge in [-0.1, -0.05) is 6.07 Å². The fourth-order valence-electron chi connectivity index (χ4n) is 1.83. The maximum atomic E-state index is 5.77. The molecule has 18 heavy (non-hydrogen) atoms. The molecule has 5 heteroatoms. The van der Waals surface area contributed by atoms with E-state index in [2.05, 4.69) is 14.9 Å². The first kappa shape index (κ1) is 13.0. The van der Waals surface area contributed by atoms with E-state index in [0.29, 0.717) is 6.54 Å². The maximum absolute atomic E-state index is 5.77. The summed E-state index contributed by atoms with van der Waals surface area (Å²) in [6.07, 6.45) is 0. The van der Waals surface area contributed by atoms with Crippen molar-refractivity contribution >= 4 is 17.2 Å². The lowest BCUT2D eigenvalue weighted by atomic mass is 10.2. The van der Waals surface area contributed by atoms with E-state index in [-0.39, 0.29) is 0 Å². The Morgan fingerprint density at radius 3 is 2.72 bits per heavy atom. The second-order valence-corrected chi connectivity index (χ2v) is 5.30. The van der Waals surface area contributed by atoms with E-state index in [0.717, 1.165) is 29.3 Å². The molecule has 0 aliphatic rings. The fraction of sp³-hybridized carbons (Fsp3) is 0.385. The van der Waals surface area contributed by atoms with Crippen LogP contribution in [0.4, 0.5) is 5.82 Å². The number of hydrogen-bond acceptors (Lipinski definition) is 5. The number of anilines is 1. The number of thiazole rings is 1. The minimum Gasteiger partial charge on any atom is -0.354 e. The Bertz CT molecular complexity index is 536. The van der Waals surface area contributed by atoms with E-state index < -0.39 is 0 Å². The lowest BCUT2D eigenvalue weighted by Crippen LogP contribution is -2.20. The third-order valence-corrected chi connectivity index (χ3v) is 3.82. The Labute approximate surface area is 111 Å². The summed E-state index contributed by atoms with van der Waals surface area (Å²) in [5.41, 5.74) is 10.8. The summed E-state index contributed by atoms with van der Waals surface area (Å²) in [7, 11) is 2.04. The van der Waals surface area contributed by atoms with E-state index in [9.17, 15) is 0 Å². The first-order valence-corrected chi connectivity index (χ1v) is 6.76. The van der Waals surface area contributed by atoms with Gasteiger partial charge < -0.3 is 10.6 Å². The zero-order chi connectivity index (χ0) is 13.1. The number of nitrogens with two attached hydrogens (primary N) is 1. The van der Waals surface area contributed by atoms with Crippen LogP contribution in [0.2, 0.25) is 0 Å². The fourth-order valence-corrected chi connectivity index (χ4v) is 2.66. The van der Waals surface area contributed by atoms with Gasteiger partial charge in [-0.25, -0.2) is 9.97 Å². The molecule has 2 heterocycles. The summed E-state index contributed by atoms with van der Waals surface area (Å²) in [5, 5.41) is 0. The third kappa shape index (κ3) is 2.68. The van der Waals surface area contributed by atoms with E-state index in [1.165, 1.54) is 4.88 Å². The van der Waals surface area contributed by atoms with Gasteiger partial charge in [0, 0.05) is 29.7 Å². The van der Waals surface area contributed by atoms with Gasteiger partial charge in [0.2, 0.25) is 0 Å². The first-order chi connectivity index (χ1) is 8.61. The molecule has 96 valence electrons. The Hall–Kier alpha value is -1.46. The second kappa shape index (κ2) is 5.46. The highest BCUT2D eigenvalue weighted by Crippen LogP contribution is 2.21. The van der Waals surface area contributed by atoms with E-state index in [4.69, 9.17) is 5.73 Å². The Balaban J connectivity index is 2.25. The van der Waals surface area contributed by atoms with Gasteiger partial charge in [0.15, 0.2) is 0 Å². The molecule has 2 aromatic heterocycles. The Morgan fingerprint density at radius 2 is 2.11 bits per heavy atom. The zero-order valence-electron chi connectivity index (χ0n) is 11.0. The molecular weight excluding hydrogens is 244 g/mol. The van der Waals surface area contributed by atoms with Gasteiger partial charge in [0.05, 0.1) is 17.7 Å². The molecule has 2 N–H and O–H groups in total. The predicted molar refractivity (Wildman–Crippen MR) is 75.8 cm³/mol. The van der Waals surface area contributed by atoms with Gasteiger partial charge >= 0.3 is 0 Å². The number of hydrogen-bond donors (Lipinski definition) is 1. The van der Waals surface area contributed by atoms with Crippen molar-refractivity contribution in [2.75, 3.05) is 11.9 Å². The van der Waals surface area contributed by atoms with Crippen LogP contribution in [0.1, 0.15) is 21.8 Å². The number of aryl methyl sites for hydroxylation is 2. The molecule has 4 nitrogen and oxygen atoms in total. The van der Waals surface area contributed by atoms with Crippen molar-refractivity contribution in [1.82, 2.24) is 9.97 Å². The highest BCUT2D eigenvalue weighted by atomic mass is 32.1. The minimum absolute atomic E-state index is 0.509. The van der Waals surface area contributed by atoms with Crippen LogP contribution in [0.25, 0.3) is 0 Å². The third-order valence-electron chi connectivity index (χ3n) is 2.90. The van der Waals surface area contributed by atoms with Crippen molar-refractivity contribution in [3.8, 4) is 0 Å². The molecular formula is C13H18N4S. The van der Waals surface area contributed by atoms with Crippen LogP contribution in [0.15, 0.2) is 17.6 Å². The molecule has 0 atom stereocenters. The Morgan fingerprint density at radius 1 is 1.33 bits per heavy atom. The molecule has 2 aromatic rings. The van der Waals surface area contributed by atoms with Crippen molar-refractivity contribution in [3.63, 3.8) is 0 Å². The maximum Gasteiger partial charge on any atom is 0.133 e. The molecule has 0 aliphatic carbocycles. The predicted octanol–water partition coefficient (Wildman–Crippen LogP) is 2.25. The van der Waals surface area contributed by atoms with Crippen molar-refractivity contribution in [3.05, 3.63) is 39.5 Å². The van der Waals surface area contributed by atoms with Crippen LogP contribution >= 0.6 is 11.3 Å². The van der Waals surface area contributed by atoms with Gasteiger partial charge in [-0.3, -0.25) is 0 Å². The molecule has 0 bridgehead atoms. The molecule has 0 amide bonds. The van der Waals surface area contributed by atoms with E-state index in [1.807, 2.05) is 38.5 Å². The second-order valence-electron chi connectivity index (χ2n) is 4.36.